The SMILES string of the molecule is CCCCCC(O)c1ccc(F)cc1-c1nnnn1C. The van der Waals surface area contributed by atoms with Crippen LogP contribution in [0.5, 0.6) is 0 Å². The molecule has 0 spiro atoms. The third-order valence-electron chi connectivity index (χ3n) is 3.32. The maximum Gasteiger partial charge on any atom is 0.182 e. The molecule has 2 rings (SSSR count). The molecule has 1 unspecified atom stereocenters. The molecule has 5 nitrogen and oxygen atoms in total. The largest absolute Gasteiger partial charge is 0.388 e. The Morgan fingerprint density at radius 1 is 1.35 bits per heavy atom. The number of rotatable bonds is 6. The van der Waals surface area contributed by atoms with Crippen molar-refractivity contribution in [2.24, 2.45) is 7.05 Å². The molecule has 0 aliphatic heterocycles. The molecule has 1 aromatic carbocycles. The van der Waals surface area contributed by atoms with Crippen molar-refractivity contribution in [3.8, 4) is 11.4 Å². The first-order valence-corrected chi connectivity index (χ1v) is 6.83. The molecule has 0 fully saturated rings. The van der Waals surface area contributed by atoms with E-state index in [1.165, 1.54) is 16.8 Å². The fraction of sp³-hybridized carbons (Fsp3) is 0.500. The van der Waals surface area contributed by atoms with Crippen LogP contribution in [0.25, 0.3) is 11.4 Å². The molecule has 1 N–H and O–H groups in total. The normalized spacial score (nSPS) is 12.6. The molecule has 1 atom stereocenters. The third kappa shape index (κ3) is 3.19. The van der Waals surface area contributed by atoms with E-state index in [1.807, 2.05) is 0 Å². The lowest BCUT2D eigenvalue weighted by molar-refractivity contribution is 0.164. The Kier molecular flexibility index (Phi) is 4.79. The van der Waals surface area contributed by atoms with E-state index in [0.29, 0.717) is 23.4 Å². The number of tetrazole rings is 1. The van der Waals surface area contributed by atoms with Crippen LogP contribution in [0.3, 0.4) is 0 Å². The van der Waals surface area contributed by atoms with Gasteiger partial charge in [0.1, 0.15) is 5.82 Å². The lowest BCUT2D eigenvalue weighted by Gasteiger charge is -2.15. The number of unbranched alkanes of at least 4 members (excludes halogenated alkanes) is 2. The molecule has 0 bridgehead atoms. The van der Waals surface area contributed by atoms with Crippen molar-refractivity contribution in [3.63, 3.8) is 0 Å². The summed E-state index contributed by atoms with van der Waals surface area (Å²) in [4.78, 5) is 0. The lowest BCUT2D eigenvalue weighted by atomic mass is 9.97. The second kappa shape index (κ2) is 6.56. The molecule has 1 aromatic heterocycles. The third-order valence-corrected chi connectivity index (χ3v) is 3.32. The summed E-state index contributed by atoms with van der Waals surface area (Å²) in [5.41, 5.74) is 1.21. The van der Waals surface area contributed by atoms with Crippen LogP contribution in [0.2, 0.25) is 0 Å². The number of aliphatic hydroxyl groups excluding tert-OH is 1. The van der Waals surface area contributed by atoms with E-state index >= 15 is 0 Å². The van der Waals surface area contributed by atoms with Gasteiger partial charge < -0.3 is 5.11 Å². The van der Waals surface area contributed by atoms with Gasteiger partial charge in [0.15, 0.2) is 5.82 Å². The summed E-state index contributed by atoms with van der Waals surface area (Å²) in [5, 5.41) is 21.5. The molecule has 1 heterocycles. The summed E-state index contributed by atoms with van der Waals surface area (Å²) < 4.78 is 15.0. The summed E-state index contributed by atoms with van der Waals surface area (Å²) in [6, 6.07) is 4.33. The number of nitrogens with zero attached hydrogens (tertiary/aromatic N) is 4. The molecular formula is C14H19FN4O. The zero-order chi connectivity index (χ0) is 14.5. The van der Waals surface area contributed by atoms with Crippen molar-refractivity contribution >= 4 is 0 Å². The average Bonchev–Trinajstić information content (AvgIpc) is 2.85. The molecule has 0 saturated heterocycles. The Morgan fingerprint density at radius 3 is 2.80 bits per heavy atom. The summed E-state index contributed by atoms with van der Waals surface area (Å²) in [5.74, 6) is 0.0848. The molecular weight excluding hydrogens is 259 g/mol. The monoisotopic (exact) mass is 278 g/mol. The van der Waals surface area contributed by atoms with Gasteiger partial charge in [-0.3, -0.25) is 0 Å². The maximum atomic E-state index is 13.5. The molecule has 20 heavy (non-hydrogen) atoms. The number of halogens is 1. The van der Waals surface area contributed by atoms with Crippen molar-refractivity contribution in [3.05, 3.63) is 29.6 Å². The standard InChI is InChI=1S/C14H19FN4O/c1-3-4-5-6-13(20)11-8-7-10(15)9-12(11)14-16-17-18-19(14)2/h7-9,13,20H,3-6H2,1-2H3. The van der Waals surface area contributed by atoms with Crippen LogP contribution in [0.15, 0.2) is 18.2 Å². The minimum Gasteiger partial charge on any atom is -0.388 e. The summed E-state index contributed by atoms with van der Waals surface area (Å²) in [6.45, 7) is 2.11. The highest BCUT2D eigenvalue weighted by molar-refractivity contribution is 5.60. The quantitative estimate of drug-likeness (QED) is 0.825. The van der Waals surface area contributed by atoms with Crippen LogP contribution in [-0.2, 0) is 7.05 Å². The molecule has 0 aliphatic rings. The minimum absolute atomic E-state index is 0.368. The van der Waals surface area contributed by atoms with Crippen molar-refractivity contribution in [2.45, 2.75) is 38.7 Å². The van der Waals surface area contributed by atoms with Gasteiger partial charge in [-0.25, -0.2) is 9.07 Å². The van der Waals surface area contributed by atoms with E-state index in [1.54, 1.807) is 13.1 Å². The van der Waals surface area contributed by atoms with E-state index in [4.69, 9.17) is 0 Å². The van der Waals surface area contributed by atoms with Crippen LogP contribution < -0.4 is 0 Å². The molecule has 0 saturated carbocycles. The highest BCUT2D eigenvalue weighted by atomic mass is 19.1. The number of benzene rings is 1. The van der Waals surface area contributed by atoms with E-state index in [2.05, 4.69) is 22.4 Å². The van der Waals surface area contributed by atoms with Crippen LogP contribution in [0, 0.1) is 5.82 Å². The van der Waals surface area contributed by atoms with Crippen LogP contribution in [0.4, 0.5) is 4.39 Å². The summed E-state index contributed by atoms with van der Waals surface area (Å²) in [6.07, 6.45) is 3.12. The molecule has 0 aliphatic carbocycles. The predicted molar refractivity (Wildman–Crippen MR) is 73.3 cm³/mol. The van der Waals surface area contributed by atoms with Gasteiger partial charge >= 0.3 is 0 Å². The first kappa shape index (κ1) is 14.6. The number of aromatic nitrogens is 4. The zero-order valence-electron chi connectivity index (χ0n) is 11.8. The fourth-order valence-electron chi connectivity index (χ4n) is 2.21. The van der Waals surface area contributed by atoms with E-state index in [-0.39, 0.29) is 5.82 Å². The summed E-state index contributed by atoms with van der Waals surface area (Å²) in [7, 11) is 1.69. The van der Waals surface area contributed by atoms with E-state index in [0.717, 1.165) is 19.3 Å². The van der Waals surface area contributed by atoms with Crippen molar-refractivity contribution < 1.29 is 9.50 Å². The van der Waals surface area contributed by atoms with Gasteiger partial charge in [-0.15, -0.1) is 5.10 Å². The van der Waals surface area contributed by atoms with Gasteiger partial charge in [-0.1, -0.05) is 32.3 Å². The predicted octanol–water partition coefficient (Wildman–Crippen LogP) is 2.63. The first-order valence-electron chi connectivity index (χ1n) is 6.83. The van der Waals surface area contributed by atoms with Gasteiger partial charge in [0.05, 0.1) is 6.10 Å². The lowest BCUT2D eigenvalue weighted by Crippen LogP contribution is -2.04. The van der Waals surface area contributed by atoms with Crippen LogP contribution in [-0.4, -0.2) is 25.3 Å². The average molecular weight is 278 g/mol. The first-order chi connectivity index (χ1) is 9.63. The van der Waals surface area contributed by atoms with Gasteiger partial charge in [0.2, 0.25) is 0 Å². The Bertz CT molecular complexity index is 570. The second-order valence-electron chi connectivity index (χ2n) is 4.87. The Balaban J connectivity index is 2.31. The van der Waals surface area contributed by atoms with Crippen LogP contribution in [0.1, 0.15) is 44.3 Å². The molecule has 2 aromatic rings. The van der Waals surface area contributed by atoms with Crippen molar-refractivity contribution in [1.82, 2.24) is 20.2 Å². The number of aliphatic hydroxyl groups is 1. The van der Waals surface area contributed by atoms with Gasteiger partial charge in [0, 0.05) is 12.6 Å². The molecule has 108 valence electrons. The van der Waals surface area contributed by atoms with E-state index in [9.17, 15) is 9.50 Å². The fourth-order valence-corrected chi connectivity index (χ4v) is 2.21. The Morgan fingerprint density at radius 2 is 2.15 bits per heavy atom. The highest BCUT2D eigenvalue weighted by Crippen LogP contribution is 2.30. The Hall–Kier alpha value is -1.82. The zero-order valence-corrected chi connectivity index (χ0v) is 11.8. The number of aryl methyl sites for hydroxylation is 1. The molecule has 6 heteroatoms. The smallest absolute Gasteiger partial charge is 0.182 e. The van der Waals surface area contributed by atoms with Gasteiger partial charge in [0.25, 0.3) is 0 Å². The van der Waals surface area contributed by atoms with Gasteiger partial charge in [-0.2, -0.15) is 0 Å². The maximum absolute atomic E-state index is 13.5. The van der Waals surface area contributed by atoms with Crippen molar-refractivity contribution in [1.29, 1.82) is 0 Å². The number of hydrogen-bond donors (Lipinski definition) is 1. The second-order valence-corrected chi connectivity index (χ2v) is 4.87. The number of hydrogen-bond acceptors (Lipinski definition) is 4. The Labute approximate surface area is 117 Å². The minimum atomic E-state index is -0.631. The van der Waals surface area contributed by atoms with E-state index < -0.39 is 6.10 Å². The van der Waals surface area contributed by atoms with Gasteiger partial charge in [-0.05, 0) is 34.5 Å². The topological polar surface area (TPSA) is 63.8 Å². The van der Waals surface area contributed by atoms with Crippen LogP contribution >= 0.6 is 0 Å². The highest BCUT2D eigenvalue weighted by Gasteiger charge is 2.18. The molecule has 0 radical (unpaired) electrons. The summed E-state index contributed by atoms with van der Waals surface area (Å²) >= 11 is 0. The molecule has 0 amide bonds. The van der Waals surface area contributed by atoms with Crippen molar-refractivity contribution in [2.75, 3.05) is 0 Å².